The van der Waals surface area contributed by atoms with E-state index in [1.807, 2.05) is 0 Å². The number of nitrogens with two attached hydrogens (primary N) is 1. The van der Waals surface area contributed by atoms with E-state index in [1.165, 1.54) is 0 Å². The zero-order chi connectivity index (χ0) is 12.3. The van der Waals surface area contributed by atoms with Gasteiger partial charge in [-0.05, 0) is 37.1 Å². The molecule has 1 fully saturated rings. The Morgan fingerprint density at radius 3 is 2.06 bits per heavy atom. The number of rotatable bonds is 4. The summed E-state index contributed by atoms with van der Waals surface area (Å²) in [7, 11) is 0. The highest BCUT2D eigenvalue weighted by Crippen LogP contribution is 2.30. The molecule has 98 valence electrons. The second kappa shape index (κ2) is 6.37. The monoisotopic (exact) mass is 269 g/mol. The molecule has 0 unspecified atom stereocenters. The second-order valence-electron chi connectivity index (χ2n) is 4.09. The first-order valence-electron chi connectivity index (χ1n) is 5.60. The van der Waals surface area contributed by atoms with Crippen molar-refractivity contribution in [2.45, 2.75) is 12.8 Å². The topological polar surface area (TPSA) is 84.2 Å². The molecule has 0 atom stereocenters. The highest BCUT2D eigenvalue weighted by Gasteiger charge is 2.29. The van der Waals surface area contributed by atoms with Gasteiger partial charge in [-0.15, -0.1) is 12.4 Å². The van der Waals surface area contributed by atoms with Crippen LogP contribution in [0.5, 0.6) is 0 Å². The van der Waals surface area contributed by atoms with E-state index in [-0.39, 0.29) is 36.7 Å². The summed E-state index contributed by atoms with van der Waals surface area (Å²) in [6.07, 6.45) is 1.97. The smallest absolute Gasteiger partial charge is 0.238 e. The van der Waals surface area contributed by atoms with Gasteiger partial charge in [0.2, 0.25) is 11.8 Å². The van der Waals surface area contributed by atoms with E-state index in [0.717, 1.165) is 18.5 Å². The predicted octanol–water partition coefficient (Wildman–Crippen LogP) is 1.35. The number of hydrogen-bond donors (Lipinski definition) is 3. The maximum atomic E-state index is 11.5. The summed E-state index contributed by atoms with van der Waals surface area (Å²) in [4.78, 5) is 22.5. The Balaban J connectivity index is 0.00000162. The van der Waals surface area contributed by atoms with Crippen molar-refractivity contribution in [3.05, 3.63) is 24.3 Å². The van der Waals surface area contributed by atoms with Crippen LogP contribution in [0.3, 0.4) is 0 Å². The molecule has 1 aromatic carbocycles. The first-order valence-corrected chi connectivity index (χ1v) is 5.60. The number of carbonyl (C=O) groups excluding carboxylic acids is 2. The third kappa shape index (κ3) is 4.01. The van der Waals surface area contributed by atoms with Crippen LogP contribution in [0.15, 0.2) is 24.3 Å². The number of amides is 2. The number of halogens is 1. The van der Waals surface area contributed by atoms with Crippen LogP contribution >= 0.6 is 12.4 Å². The lowest BCUT2D eigenvalue weighted by Gasteiger charge is -2.06. The Labute approximate surface area is 112 Å². The van der Waals surface area contributed by atoms with Crippen LogP contribution in [0.2, 0.25) is 0 Å². The molecule has 18 heavy (non-hydrogen) atoms. The SMILES string of the molecule is Cl.NCC(=O)Nc1ccc(NC(=O)C2CC2)cc1. The molecule has 1 saturated carbocycles. The molecular formula is C12H16ClN3O2. The average molecular weight is 270 g/mol. The quantitative estimate of drug-likeness (QED) is 0.771. The van der Waals surface area contributed by atoms with Gasteiger partial charge in [-0.25, -0.2) is 0 Å². The molecule has 2 rings (SSSR count). The van der Waals surface area contributed by atoms with Gasteiger partial charge in [-0.1, -0.05) is 0 Å². The molecule has 5 nitrogen and oxygen atoms in total. The standard InChI is InChI=1S/C12H15N3O2.ClH/c13-7-11(16)14-9-3-5-10(6-4-9)15-12(17)8-1-2-8;/h3-6,8H,1-2,7,13H2,(H,14,16)(H,15,17);1H. The van der Waals surface area contributed by atoms with Crippen molar-refractivity contribution in [1.29, 1.82) is 0 Å². The number of carbonyl (C=O) groups is 2. The molecule has 0 heterocycles. The van der Waals surface area contributed by atoms with E-state index in [2.05, 4.69) is 10.6 Å². The van der Waals surface area contributed by atoms with Crippen molar-refractivity contribution in [3.8, 4) is 0 Å². The fourth-order valence-electron chi connectivity index (χ4n) is 1.44. The molecule has 0 bridgehead atoms. The van der Waals surface area contributed by atoms with Crippen molar-refractivity contribution in [1.82, 2.24) is 0 Å². The lowest BCUT2D eigenvalue weighted by molar-refractivity contribution is -0.117. The Hall–Kier alpha value is -1.59. The molecule has 2 amide bonds. The summed E-state index contributed by atoms with van der Waals surface area (Å²) in [6.45, 7) is -0.0415. The van der Waals surface area contributed by atoms with Crippen LogP contribution in [0.4, 0.5) is 11.4 Å². The maximum Gasteiger partial charge on any atom is 0.238 e. The maximum absolute atomic E-state index is 11.5. The van der Waals surface area contributed by atoms with Gasteiger partial charge >= 0.3 is 0 Å². The first-order chi connectivity index (χ1) is 8.19. The Morgan fingerprint density at radius 2 is 1.61 bits per heavy atom. The fraction of sp³-hybridized carbons (Fsp3) is 0.333. The van der Waals surface area contributed by atoms with Crippen LogP contribution in [0, 0.1) is 5.92 Å². The third-order valence-corrected chi connectivity index (χ3v) is 2.57. The number of nitrogens with one attached hydrogen (secondary N) is 2. The molecule has 0 spiro atoms. The van der Waals surface area contributed by atoms with E-state index in [4.69, 9.17) is 5.73 Å². The molecule has 1 aromatic rings. The predicted molar refractivity (Wildman–Crippen MR) is 72.7 cm³/mol. The van der Waals surface area contributed by atoms with E-state index >= 15 is 0 Å². The van der Waals surface area contributed by atoms with Crippen LogP contribution in [0.1, 0.15) is 12.8 Å². The summed E-state index contributed by atoms with van der Waals surface area (Å²) in [5.74, 6) is 0.0233. The lowest BCUT2D eigenvalue weighted by atomic mass is 10.2. The first kappa shape index (κ1) is 14.5. The van der Waals surface area contributed by atoms with Crippen molar-refractivity contribution in [3.63, 3.8) is 0 Å². The largest absolute Gasteiger partial charge is 0.326 e. The zero-order valence-electron chi connectivity index (χ0n) is 9.81. The summed E-state index contributed by atoms with van der Waals surface area (Å²) in [6, 6.07) is 6.98. The molecule has 0 radical (unpaired) electrons. The van der Waals surface area contributed by atoms with E-state index < -0.39 is 0 Å². The van der Waals surface area contributed by atoms with Crippen LogP contribution in [-0.2, 0) is 9.59 Å². The normalized spacial score (nSPS) is 13.4. The minimum absolute atomic E-state index is 0. The van der Waals surface area contributed by atoms with E-state index in [1.54, 1.807) is 24.3 Å². The lowest BCUT2D eigenvalue weighted by Crippen LogP contribution is -2.21. The molecule has 4 N–H and O–H groups in total. The van der Waals surface area contributed by atoms with E-state index in [0.29, 0.717) is 5.69 Å². The fourth-order valence-corrected chi connectivity index (χ4v) is 1.44. The van der Waals surface area contributed by atoms with Gasteiger partial charge in [0.25, 0.3) is 0 Å². The highest BCUT2D eigenvalue weighted by atomic mass is 35.5. The third-order valence-electron chi connectivity index (χ3n) is 2.57. The molecule has 0 saturated heterocycles. The molecule has 0 aromatic heterocycles. The summed E-state index contributed by atoms with van der Waals surface area (Å²) < 4.78 is 0. The van der Waals surface area contributed by atoms with Gasteiger partial charge in [0.05, 0.1) is 6.54 Å². The highest BCUT2D eigenvalue weighted by molar-refractivity contribution is 5.95. The van der Waals surface area contributed by atoms with Crippen molar-refractivity contribution in [2.24, 2.45) is 11.7 Å². The molecule has 6 heteroatoms. The Kier molecular flexibility index (Phi) is 5.12. The minimum atomic E-state index is -0.236. The molecular weight excluding hydrogens is 254 g/mol. The number of hydrogen-bond acceptors (Lipinski definition) is 3. The average Bonchev–Trinajstić information content (AvgIpc) is 3.15. The van der Waals surface area contributed by atoms with Crippen LogP contribution < -0.4 is 16.4 Å². The van der Waals surface area contributed by atoms with Crippen LogP contribution in [0.25, 0.3) is 0 Å². The van der Waals surface area contributed by atoms with Gasteiger partial charge in [0.15, 0.2) is 0 Å². The van der Waals surface area contributed by atoms with Gasteiger partial charge in [0.1, 0.15) is 0 Å². The van der Waals surface area contributed by atoms with Gasteiger partial charge in [-0.3, -0.25) is 9.59 Å². The minimum Gasteiger partial charge on any atom is -0.326 e. The summed E-state index contributed by atoms with van der Waals surface area (Å²) >= 11 is 0. The summed E-state index contributed by atoms with van der Waals surface area (Å²) in [5.41, 5.74) is 6.60. The second-order valence-corrected chi connectivity index (χ2v) is 4.09. The molecule has 0 aliphatic heterocycles. The Bertz CT molecular complexity index is 429. The molecule has 1 aliphatic rings. The number of benzene rings is 1. The van der Waals surface area contributed by atoms with Crippen LogP contribution in [-0.4, -0.2) is 18.4 Å². The zero-order valence-corrected chi connectivity index (χ0v) is 10.6. The summed E-state index contributed by atoms with van der Waals surface area (Å²) in [5, 5.41) is 5.45. The van der Waals surface area contributed by atoms with Gasteiger partial charge in [0, 0.05) is 17.3 Å². The van der Waals surface area contributed by atoms with Gasteiger partial charge < -0.3 is 16.4 Å². The number of anilines is 2. The van der Waals surface area contributed by atoms with Gasteiger partial charge in [-0.2, -0.15) is 0 Å². The van der Waals surface area contributed by atoms with Crippen molar-refractivity contribution < 1.29 is 9.59 Å². The van der Waals surface area contributed by atoms with Crippen molar-refractivity contribution >= 4 is 35.6 Å². The van der Waals surface area contributed by atoms with E-state index in [9.17, 15) is 9.59 Å². The Morgan fingerprint density at radius 1 is 1.11 bits per heavy atom. The molecule has 1 aliphatic carbocycles. The van der Waals surface area contributed by atoms with Crippen molar-refractivity contribution in [2.75, 3.05) is 17.2 Å².